The second-order valence-corrected chi connectivity index (χ2v) is 3.78. The molecule has 0 atom stereocenters. The summed E-state index contributed by atoms with van der Waals surface area (Å²) in [5.41, 5.74) is 2.30. The number of hydrogen-bond donors (Lipinski definition) is 1. The minimum absolute atomic E-state index is 0.00301. The van der Waals surface area contributed by atoms with E-state index < -0.39 is 0 Å². The van der Waals surface area contributed by atoms with Gasteiger partial charge in [-0.1, -0.05) is 6.07 Å². The second-order valence-electron chi connectivity index (χ2n) is 3.78. The fourth-order valence-electron chi connectivity index (χ4n) is 1.73. The lowest BCUT2D eigenvalue weighted by molar-refractivity contribution is 0.442. The van der Waals surface area contributed by atoms with E-state index >= 15 is 0 Å². The highest BCUT2D eigenvalue weighted by atomic mass is 19.1. The van der Waals surface area contributed by atoms with Crippen LogP contribution in [-0.4, -0.2) is 0 Å². The summed E-state index contributed by atoms with van der Waals surface area (Å²) >= 11 is 0. The lowest BCUT2D eigenvalue weighted by atomic mass is 9.95. The molecular weight excluding hydrogens is 153 g/mol. The van der Waals surface area contributed by atoms with Crippen LogP contribution in [0.1, 0.15) is 25.0 Å². The molecule has 1 nitrogen and oxygen atoms in total. The highest BCUT2D eigenvalue weighted by Gasteiger charge is 2.28. The van der Waals surface area contributed by atoms with Crippen molar-refractivity contribution in [3.63, 3.8) is 0 Å². The molecule has 0 aliphatic carbocycles. The van der Waals surface area contributed by atoms with Crippen LogP contribution in [0.15, 0.2) is 18.2 Å². The Bertz CT molecular complexity index is 318. The zero-order chi connectivity index (χ0) is 8.77. The van der Waals surface area contributed by atoms with E-state index in [9.17, 15) is 4.39 Å². The van der Waals surface area contributed by atoms with E-state index in [1.807, 2.05) is 6.07 Å². The summed E-state index contributed by atoms with van der Waals surface area (Å²) in [6.45, 7) is 4.99. The molecule has 12 heavy (non-hydrogen) atoms. The van der Waals surface area contributed by atoms with Gasteiger partial charge in [0.15, 0.2) is 0 Å². The molecule has 1 aromatic carbocycles. The third-order valence-electron chi connectivity index (χ3n) is 2.46. The fraction of sp³-hybridized carbons (Fsp3) is 0.400. The Morgan fingerprint density at radius 2 is 2.17 bits per heavy atom. The number of fused-ring (bicyclic) bond motifs is 1. The Morgan fingerprint density at radius 1 is 1.42 bits per heavy atom. The van der Waals surface area contributed by atoms with Crippen molar-refractivity contribution in [1.82, 2.24) is 5.32 Å². The van der Waals surface area contributed by atoms with Gasteiger partial charge in [0, 0.05) is 12.1 Å². The molecule has 64 valence electrons. The van der Waals surface area contributed by atoms with Crippen molar-refractivity contribution in [1.29, 1.82) is 0 Å². The van der Waals surface area contributed by atoms with Gasteiger partial charge in [-0.15, -0.1) is 0 Å². The zero-order valence-electron chi connectivity index (χ0n) is 7.32. The van der Waals surface area contributed by atoms with Gasteiger partial charge in [-0.25, -0.2) is 4.39 Å². The average molecular weight is 165 g/mol. The van der Waals surface area contributed by atoms with Crippen LogP contribution in [0.4, 0.5) is 4.39 Å². The molecule has 2 rings (SSSR count). The van der Waals surface area contributed by atoms with Gasteiger partial charge in [0.2, 0.25) is 0 Å². The van der Waals surface area contributed by atoms with Crippen molar-refractivity contribution in [3.05, 3.63) is 35.1 Å². The van der Waals surface area contributed by atoms with Crippen LogP contribution in [0.2, 0.25) is 0 Å². The quantitative estimate of drug-likeness (QED) is 0.621. The van der Waals surface area contributed by atoms with Crippen LogP contribution in [-0.2, 0) is 12.1 Å². The van der Waals surface area contributed by atoms with Crippen molar-refractivity contribution in [2.45, 2.75) is 25.9 Å². The molecule has 0 saturated carbocycles. The van der Waals surface area contributed by atoms with Gasteiger partial charge in [-0.2, -0.15) is 0 Å². The van der Waals surface area contributed by atoms with Crippen molar-refractivity contribution in [3.8, 4) is 0 Å². The second kappa shape index (κ2) is 2.30. The van der Waals surface area contributed by atoms with E-state index in [1.54, 1.807) is 6.07 Å². The van der Waals surface area contributed by atoms with Gasteiger partial charge in [0.1, 0.15) is 5.82 Å². The van der Waals surface area contributed by atoms with Crippen LogP contribution in [0.3, 0.4) is 0 Å². The van der Waals surface area contributed by atoms with Crippen molar-refractivity contribution in [2.75, 3.05) is 0 Å². The molecule has 0 radical (unpaired) electrons. The number of halogens is 1. The van der Waals surface area contributed by atoms with Gasteiger partial charge >= 0.3 is 0 Å². The maximum absolute atomic E-state index is 12.8. The van der Waals surface area contributed by atoms with E-state index in [-0.39, 0.29) is 11.4 Å². The first-order chi connectivity index (χ1) is 5.59. The third-order valence-corrected chi connectivity index (χ3v) is 2.46. The Hall–Kier alpha value is -0.890. The maximum Gasteiger partial charge on any atom is 0.123 e. The number of hydrogen-bond acceptors (Lipinski definition) is 1. The largest absolute Gasteiger partial charge is 0.304 e. The normalized spacial score (nSPS) is 19.2. The summed E-state index contributed by atoms with van der Waals surface area (Å²) in [6.07, 6.45) is 0. The topological polar surface area (TPSA) is 12.0 Å². The first kappa shape index (κ1) is 7.74. The minimum Gasteiger partial charge on any atom is -0.304 e. The van der Waals surface area contributed by atoms with E-state index in [2.05, 4.69) is 19.2 Å². The molecule has 1 aliphatic rings. The molecule has 1 heterocycles. The highest BCUT2D eigenvalue weighted by Crippen LogP contribution is 2.30. The third kappa shape index (κ3) is 1.03. The first-order valence-electron chi connectivity index (χ1n) is 4.13. The molecule has 1 aliphatic heterocycles. The molecule has 0 spiro atoms. The Balaban J connectivity index is 2.55. The van der Waals surface area contributed by atoms with Crippen molar-refractivity contribution < 1.29 is 4.39 Å². The highest BCUT2D eigenvalue weighted by molar-refractivity contribution is 5.37. The van der Waals surface area contributed by atoms with Gasteiger partial charge in [0.25, 0.3) is 0 Å². The lowest BCUT2D eigenvalue weighted by Gasteiger charge is -2.19. The van der Waals surface area contributed by atoms with Crippen LogP contribution in [0.5, 0.6) is 0 Å². The monoisotopic (exact) mass is 165 g/mol. The van der Waals surface area contributed by atoms with Crippen LogP contribution in [0, 0.1) is 5.82 Å². The van der Waals surface area contributed by atoms with Gasteiger partial charge < -0.3 is 5.32 Å². The molecular formula is C10H12FN. The Kier molecular flexibility index (Phi) is 1.48. The molecule has 1 aromatic rings. The van der Waals surface area contributed by atoms with Crippen LogP contribution >= 0.6 is 0 Å². The lowest BCUT2D eigenvalue weighted by Crippen LogP contribution is -2.28. The summed E-state index contributed by atoms with van der Waals surface area (Å²) in [5, 5.41) is 3.32. The SMILES string of the molecule is CC1(C)NCc2cc(F)ccc21. The standard InChI is InChI=1S/C10H12FN/c1-10(2)9-4-3-8(11)5-7(9)6-12-10/h3-5,12H,6H2,1-2H3. The maximum atomic E-state index is 12.8. The van der Waals surface area contributed by atoms with Gasteiger partial charge in [0.05, 0.1) is 0 Å². The molecule has 0 fully saturated rings. The Morgan fingerprint density at radius 3 is 2.92 bits per heavy atom. The molecule has 0 amide bonds. The summed E-state index contributed by atoms with van der Waals surface area (Å²) < 4.78 is 12.8. The van der Waals surface area contributed by atoms with E-state index in [4.69, 9.17) is 0 Å². The number of nitrogens with one attached hydrogen (secondary N) is 1. The number of benzene rings is 1. The molecule has 1 N–H and O–H groups in total. The number of rotatable bonds is 0. The first-order valence-corrected chi connectivity index (χ1v) is 4.13. The van der Waals surface area contributed by atoms with Crippen molar-refractivity contribution in [2.24, 2.45) is 0 Å². The minimum atomic E-state index is -0.145. The molecule has 0 unspecified atom stereocenters. The average Bonchev–Trinajstić information content (AvgIpc) is 2.27. The fourth-order valence-corrected chi connectivity index (χ4v) is 1.73. The predicted molar refractivity (Wildman–Crippen MR) is 46.3 cm³/mol. The van der Waals surface area contributed by atoms with Crippen LogP contribution in [0.25, 0.3) is 0 Å². The smallest absolute Gasteiger partial charge is 0.123 e. The van der Waals surface area contributed by atoms with E-state index in [1.165, 1.54) is 11.6 Å². The van der Waals surface area contributed by atoms with Crippen molar-refractivity contribution >= 4 is 0 Å². The van der Waals surface area contributed by atoms with Gasteiger partial charge in [-0.3, -0.25) is 0 Å². The molecule has 0 aromatic heterocycles. The summed E-state index contributed by atoms with van der Waals surface area (Å²) in [7, 11) is 0. The zero-order valence-corrected chi connectivity index (χ0v) is 7.32. The van der Waals surface area contributed by atoms with E-state index in [0.29, 0.717) is 0 Å². The summed E-state index contributed by atoms with van der Waals surface area (Å²) in [6, 6.07) is 5.00. The predicted octanol–water partition coefficient (Wildman–Crippen LogP) is 2.16. The Labute approximate surface area is 71.6 Å². The molecule has 0 bridgehead atoms. The van der Waals surface area contributed by atoms with Gasteiger partial charge in [-0.05, 0) is 37.1 Å². The summed E-state index contributed by atoms with van der Waals surface area (Å²) in [4.78, 5) is 0. The van der Waals surface area contributed by atoms with E-state index in [0.717, 1.165) is 12.1 Å². The van der Waals surface area contributed by atoms with Crippen LogP contribution < -0.4 is 5.32 Å². The molecule has 0 saturated heterocycles. The summed E-state index contributed by atoms with van der Waals surface area (Å²) in [5.74, 6) is -0.145. The molecule has 2 heteroatoms.